The number of hydrogen-bond acceptors (Lipinski definition) is 4. The maximum Gasteiger partial charge on any atom is 0.265 e. The van der Waals surface area contributed by atoms with E-state index in [0.29, 0.717) is 24.4 Å². The van der Waals surface area contributed by atoms with E-state index >= 15 is 0 Å². The Kier molecular flexibility index (Phi) is 4.48. The van der Waals surface area contributed by atoms with Gasteiger partial charge in [0.05, 0.1) is 6.61 Å². The van der Waals surface area contributed by atoms with E-state index in [1.165, 1.54) is 0 Å². The van der Waals surface area contributed by atoms with E-state index in [0.717, 1.165) is 0 Å². The molecule has 2 aromatic rings. The molecule has 0 atom stereocenters. The zero-order valence-corrected chi connectivity index (χ0v) is 12.5. The first-order valence-electron chi connectivity index (χ1n) is 5.81. The van der Waals surface area contributed by atoms with E-state index in [9.17, 15) is 17.2 Å². The number of aryl methyl sites for hydroxylation is 1. The number of nitrogens with zero attached hydrogens (tertiary/aromatic N) is 2. The van der Waals surface area contributed by atoms with Crippen molar-refractivity contribution in [2.24, 2.45) is 7.05 Å². The predicted octanol–water partition coefficient (Wildman–Crippen LogP) is 2.25. The molecule has 0 N–H and O–H groups in total. The van der Waals surface area contributed by atoms with Crippen LogP contribution in [0.5, 0.6) is 5.75 Å². The van der Waals surface area contributed by atoms with Gasteiger partial charge in [0.1, 0.15) is 16.5 Å². The van der Waals surface area contributed by atoms with Gasteiger partial charge in [-0.3, -0.25) is 0 Å². The highest BCUT2D eigenvalue weighted by Crippen LogP contribution is 2.31. The first-order chi connectivity index (χ1) is 9.79. The zero-order valence-electron chi connectivity index (χ0n) is 10.9. The minimum Gasteiger partial charge on any atom is -0.489 e. The molecule has 0 bridgehead atoms. The number of ether oxygens (including phenoxy) is 1. The van der Waals surface area contributed by atoms with E-state index in [1.54, 1.807) is 24.0 Å². The molecule has 1 aromatic heterocycles. The number of benzene rings is 1. The molecule has 1 aromatic carbocycles. The lowest BCUT2D eigenvalue weighted by Gasteiger charge is -2.11. The molecule has 1 heterocycles. The minimum absolute atomic E-state index is 0.0349. The third kappa shape index (κ3) is 3.70. The highest BCUT2D eigenvalue weighted by atomic mass is 35.7. The molecule has 0 aliphatic rings. The van der Waals surface area contributed by atoms with Crippen LogP contribution in [0.3, 0.4) is 0 Å². The summed E-state index contributed by atoms with van der Waals surface area (Å²) in [7, 11) is 2.60. The standard InChI is InChI=1S/C12H11ClF2N2O3S/c1-17-4-3-16-11(17)2-5-20-12-9(15)6-8(14)7-10(12)21(13,18)19/h3-4,6-7H,2,5H2,1H3. The first-order valence-corrected chi connectivity index (χ1v) is 8.12. The highest BCUT2D eigenvalue weighted by molar-refractivity contribution is 8.13. The van der Waals surface area contributed by atoms with Crippen molar-refractivity contribution in [1.29, 1.82) is 0 Å². The summed E-state index contributed by atoms with van der Waals surface area (Å²) in [6, 6.07) is 1.14. The van der Waals surface area contributed by atoms with Gasteiger partial charge in [0, 0.05) is 42.6 Å². The molecule has 0 spiro atoms. The monoisotopic (exact) mass is 336 g/mol. The number of halogens is 3. The quantitative estimate of drug-likeness (QED) is 0.786. The Morgan fingerprint density at radius 1 is 1.38 bits per heavy atom. The van der Waals surface area contributed by atoms with Crippen LogP contribution in [0.2, 0.25) is 0 Å². The van der Waals surface area contributed by atoms with Crippen molar-refractivity contribution in [3.8, 4) is 5.75 Å². The molecule has 0 saturated carbocycles. The van der Waals surface area contributed by atoms with Crippen LogP contribution in [-0.2, 0) is 22.5 Å². The summed E-state index contributed by atoms with van der Waals surface area (Å²) in [5, 5.41) is 0. The molecule has 0 amide bonds. The van der Waals surface area contributed by atoms with Crippen LogP contribution < -0.4 is 4.74 Å². The molecular weight excluding hydrogens is 326 g/mol. The number of aromatic nitrogens is 2. The van der Waals surface area contributed by atoms with Gasteiger partial charge in [-0.05, 0) is 6.07 Å². The van der Waals surface area contributed by atoms with Gasteiger partial charge in [0.15, 0.2) is 11.6 Å². The Morgan fingerprint density at radius 3 is 2.67 bits per heavy atom. The summed E-state index contributed by atoms with van der Waals surface area (Å²) in [5.74, 6) is -2.11. The summed E-state index contributed by atoms with van der Waals surface area (Å²) in [6.45, 7) is -0.0349. The summed E-state index contributed by atoms with van der Waals surface area (Å²) in [4.78, 5) is 3.30. The van der Waals surface area contributed by atoms with Gasteiger partial charge >= 0.3 is 0 Å². The van der Waals surface area contributed by atoms with Gasteiger partial charge in [-0.25, -0.2) is 22.2 Å². The largest absolute Gasteiger partial charge is 0.489 e. The molecule has 0 aliphatic carbocycles. The number of rotatable bonds is 5. The third-order valence-corrected chi connectivity index (χ3v) is 4.06. The Balaban J connectivity index is 2.22. The van der Waals surface area contributed by atoms with Crippen LogP contribution in [0.15, 0.2) is 29.4 Å². The zero-order chi connectivity index (χ0) is 15.6. The SMILES string of the molecule is Cn1ccnc1CCOc1c(F)cc(F)cc1S(=O)(=O)Cl. The molecule has 21 heavy (non-hydrogen) atoms. The maximum atomic E-state index is 13.7. The first kappa shape index (κ1) is 15.7. The molecule has 0 unspecified atom stereocenters. The summed E-state index contributed by atoms with van der Waals surface area (Å²) in [5.41, 5.74) is 0. The van der Waals surface area contributed by atoms with E-state index in [-0.39, 0.29) is 6.61 Å². The van der Waals surface area contributed by atoms with E-state index in [2.05, 4.69) is 4.98 Å². The fourth-order valence-electron chi connectivity index (χ4n) is 1.74. The van der Waals surface area contributed by atoms with Crippen molar-refractivity contribution < 1.29 is 21.9 Å². The maximum absolute atomic E-state index is 13.7. The van der Waals surface area contributed by atoms with Crippen LogP contribution in [0.25, 0.3) is 0 Å². The van der Waals surface area contributed by atoms with Crippen LogP contribution in [0.1, 0.15) is 5.82 Å². The lowest BCUT2D eigenvalue weighted by atomic mass is 10.3. The second-order valence-electron chi connectivity index (χ2n) is 4.21. The molecule has 0 saturated heterocycles. The Labute approximate surface area is 124 Å². The Morgan fingerprint density at radius 2 is 2.10 bits per heavy atom. The predicted molar refractivity (Wildman–Crippen MR) is 71.8 cm³/mol. The molecular formula is C12H11ClF2N2O3S. The van der Waals surface area contributed by atoms with Gasteiger partial charge in [-0.1, -0.05) is 0 Å². The third-order valence-electron chi connectivity index (χ3n) is 2.73. The van der Waals surface area contributed by atoms with Gasteiger partial charge in [0.25, 0.3) is 9.05 Å². The summed E-state index contributed by atoms with van der Waals surface area (Å²) < 4.78 is 56.3. The van der Waals surface area contributed by atoms with Gasteiger partial charge in [-0.2, -0.15) is 0 Å². The number of hydrogen-bond donors (Lipinski definition) is 0. The van der Waals surface area contributed by atoms with Crippen LogP contribution in [0, 0.1) is 11.6 Å². The minimum atomic E-state index is -4.32. The van der Waals surface area contributed by atoms with Crippen LogP contribution in [0.4, 0.5) is 8.78 Å². The second kappa shape index (κ2) is 5.98. The smallest absolute Gasteiger partial charge is 0.265 e. The van der Waals surface area contributed by atoms with Gasteiger partial charge in [-0.15, -0.1) is 0 Å². The van der Waals surface area contributed by atoms with Crippen molar-refractivity contribution in [1.82, 2.24) is 9.55 Å². The normalized spacial score (nSPS) is 11.6. The van der Waals surface area contributed by atoms with Gasteiger partial charge < -0.3 is 9.30 Å². The van der Waals surface area contributed by atoms with Crippen molar-refractivity contribution in [2.75, 3.05) is 6.61 Å². The van der Waals surface area contributed by atoms with Crippen molar-refractivity contribution in [3.63, 3.8) is 0 Å². The molecule has 0 radical (unpaired) electrons. The lowest BCUT2D eigenvalue weighted by Crippen LogP contribution is -2.09. The fraction of sp³-hybridized carbons (Fsp3) is 0.250. The molecule has 114 valence electrons. The van der Waals surface area contributed by atoms with E-state index in [1.807, 2.05) is 0 Å². The summed E-state index contributed by atoms with van der Waals surface area (Å²) in [6.07, 6.45) is 3.63. The topological polar surface area (TPSA) is 61.2 Å². The van der Waals surface area contributed by atoms with Crippen molar-refractivity contribution in [3.05, 3.63) is 42.0 Å². The van der Waals surface area contributed by atoms with Gasteiger partial charge in [0.2, 0.25) is 0 Å². The van der Waals surface area contributed by atoms with E-state index in [4.69, 9.17) is 15.4 Å². The van der Waals surface area contributed by atoms with E-state index < -0.39 is 31.3 Å². The second-order valence-corrected chi connectivity index (χ2v) is 6.74. The average molecular weight is 337 g/mol. The number of imidazole rings is 1. The molecule has 0 fully saturated rings. The fourth-order valence-corrected chi connectivity index (χ4v) is 2.71. The van der Waals surface area contributed by atoms with Crippen molar-refractivity contribution in [2.45, 2.75) is 11.3 Å². The molecule has 0 aliphatic heterocycles. The molecule has 9 heteroatoms. The summed E-state index contributed by atoms with van der Waals surface area (Å²) >= 11 is 0. The Bertz CT molecular complexity index is 762. The highest BCUT2D eigenvalue weighted by Gasteiger charge is 2.22. The molecule has 2 rings (SSSR count). The van der Waals surface area contributed by atoms with Crippen molar-refractivity contribution >= 4 is 19.7 Å². The van der Waals surface area contributed by atoms with Crippen LogP contribution in [-0.4, -0.2) is 24.6 Å². The molecule has 5 nitrogen and oxygen atoms in total. The Hall–Kier alpha value is -1.67. The average Bonchev–Trinajstić information content (AvgIpc) is 2.76. The lowest BCUT2D eigenvalue weighted by molar-refractivity contribution is 0.291. The van der Waals surface area contributed by atoms with Crippen LogP contribution >= 0.6 is 10.7 Å².